The Balaban J connectivity index is 2.09. The van der Waals surface area contributed by atoms with Crippen molar-refractivity contribution in [2.24, 2.45) is 0 Å². The molecule has 2 aromatic carbocycles. The first-order chi connectivity index (χ1) is 17.2. The Labute approximate surface area is 223 Å². The second-order valence-corrected chi connectivity index (χ2v) is 9.02. The number of nitrogens with zero attached hydrogens (tertiary/aromatic N) is 1. The lowest BCUT2D eigenvalue weighted by molar-refractivity contribution is -0.148. The summed E-state index contributed by atoms with van der Waals surface area (Å²) in [6, 6.07) is 10.2. The van der Waals surface area contributed by atoms with Gasteiger partial charge in [0.25, 0.3) is 0 Å². The van der Waals surface area contributed by atoms with Gasteiger partial charge in [-0.15, -0.1) is 0 Å². The first-order valence-corrected chi connectivity index (χ1v) is 12.7. The summed E-state index contributed by atoms with van der Waals surface area (Å²) >= 11 is 11.9. The average molecular weight is 537 g/mol. The summed E-state index contributed by atoms with van der Waals surface area (Å²) in [5.74, 6) is 0.237. The monoisotopic (exact) mass is 536 g/mol. The molecule has 0 aliphatic carbocycles. The number of carbonyl (C=O) groups excluding carboxylic acids is 2. The van der Waals surface area contributed by atoms with Crippen LogP contribution in [0.4, 0.5) is 5.69 Å². The fourth-order valence-electron chi connectivity index (χ4n) is 3.60. The molecule has 0 radical (unpaired) electrons. The number of rotatable bonds is 14. The quantitative estimate of drug-likeness (QED) is 0.232. The van der Waals surface area contributed by atoms with Gasteiger partial charge in [-0.05, 0) is 61.8 Å². The molecule has 7 nitrogen and oxygen atoms in total. The number of esters is 1. The molecule has 1 amide bonds. The molecule has 36 heavy (non-hydrogen) atoms. The molecule has 0 fully saturated rings. The summed E-state index contributed by atoms with van der Waals surface area (Å²) in [6.45, 7) is 8.15. The van der Waals surface area contributed by atoms with E-state index in [9.17, 15) is 9.59 Å². The van der Waals surface area contributed by atoms with Crippen molar-refractivity contribution < 1.29 is 23.8 Å². The second kappa shape index (κ2) is 15.4. The van der Waals surface area contributed by atoms with Gasteiger partial charge in [0, 0.05) is 31.3 Å². The van der Waals surface area contributed by atoms with E-state index in [1.807, 2.05) is 0 Å². The van der Waals surface area contributed by atoms with E-state index in [4.69, 9.17) is 37.4 Å². The fraction of sp³-hybridized carbons (Fsp3) is 0.407. The summed E-state index contributed by atoms with van der Waals surface area (Å²) in [5.41, 5.74) is 1.27. The van der Waals surface area contributed by atoms with E-state index in [-0.39, 0.29) is 18.5 Å². The van der Waals surface area contributed by atoms with Gasteiger partial charge >= 0.3 is 5.97 Å². The van der Waals surface area contributed by atoms with Gasteiger partial charge in [-0.1, -0.05) is 43.1 Å². The number of halogens is 2. The van der Waals surface area contributed by atoms with E-state index in [1.54, 1.807) is 42.5 Å². The SMILES string of the molecule is CCCN(CCC)CC(COc1cc(NC(=O)C=Cc2ccc(Cl)c(Cl)c2)ccc1OC)OC(C)=O. The number of amides is 1. The number of ether oxygens (including phenoxy) is 3. The van der Waals surface area contributed by atoms with Crippen LogP contribution in [0.15, 0.2) is 42.5 Å². The van der Waals surface area contributed by atoms with Crippen molar-refractivity contribution in [2.45, 2.75) is 39.7 Å². The molecule has 1 unspecified atom stereocenters. The minimum Gasteiger partial charge on any atom is -0.493 e. The first-order valence-electron chi connectivity index (χ1n) is 11.9. The number of nitrogens with one attached hydrogen (secondary N) is 1. The largest absolute Gasteiger partial charge is 0.493 e. The standard InChI is InChI=1S/C27H34Cl2N2O5/c1-5-13-31(14-6-2)17-22(36-19(3)32)18-35-26-16-21(9-11-25(26)34-4)30-27(33)12-8-20-7-10-23(28)24(29)15-20/h7-12,15-16,22H,5-6,13-14,17-18H2,1-4H3,(H,30,33). The molecule has 1 N–H and O–H groups in total. The Morgan fingerprint density at radius 2 is 1.75 bits per heavy atom. The molecule has 0 saturated carbocycles. The minimum absolute atomic E-state index is 0.147. The van der Waals surface area contributed by atoms with E-state index in [0.29, 0.717) is 33.8 Å². The molecule has 0 aromatic heterocycles. The van der Waals surface area contributed by atoms with Gasteiger partial charge in [0.1, 0.15) is 12.7 Å². The van der Waals surface area contributed by atoms with Crippen molar-refractivity contribution in [3.05, 3.63) is 58.1 Å². The normalized spacial score (nSPS) is 12.0. The van der Waals surface area contributed by atoms with Crippen LogP contribution in [0.2, 0.25) is 10.0 Å². The molecule has 0 heterocycles. The fourth-order valence-corrected chi connectivity index (χ4v) is 3.90. The third-order valence-electron chi connectivity index (χ3n) is 5.10. The number of carbonyl (C=O) groups is 2. The summed E-state index contributed by atoms with van der Waals surface area (Å²) in [5, 5.41) is 3.66. The average Bonchev–Trinajstić information content (AvgIpc) is 2.83. The minimum atomic E-state index is -0.447. The van der Waals surface area contributed by atoms with Crippen LogP contribution in [0.5, 0.6) is 11.5 Å². The van der Waals surface area contributed by atoms with E-state index >= 15 is 0 Å². The van der Waals surface area contributed by atoms with Crippen molar-refractivity contribution in [1.29, 1.82) is 0 Å². The predicted molar refractivity (Wildman–Crippen MR) is 145 cm³/mol. The van der Waals surface area contributed by atoms with Crippen LogP contribution < -0.4 is 14.8 Å². The zero-order chi connectivity index (χ0) is 26.5. The molecular weight excluding hydrogens is 503 g/mol. The summed E-state index contributed by atoms with van der Waals surface area (Å²) in [7, 11) is 1.54. The highest BCUT2D eigenvalue weighted by Gasteiger charge is 2.19. The Morgan fingerprint density at radius 3 is 2.36 bits per heavy atom. The summed E-state index contributed by atoms with van der Waals surface area (Å²) in [6.07, 6.45) is 4.60. The predicted octanol–water partition coefficient (Wildman–Crippen LogP) is 6.09. The highest BCUT2D eigenvalue weighted by atomic mass is 35.5. The zero-order valence-electron chi connectivity index (χ0n) is 21.2. The van der Waals surface area contributed by atoms with E-state index in [1.165, 1.54) is 20.1 Å². The Bertz CT molecular complexity index is 1040. The summed E-state index contributed by atoms with van der Waals surface area (Å²) in [4.78, 5) is 26.4. The first kappa shape index (κ1) is 29.5. The molecule has 0 aliphatic rings. The molecule has 1 atom stereocenters. The van der Waals surface area contributed by atoms with E-state index in [0.717, 1.165) is 31.5 Å². The number of anilines is 1. The lowest BCUT2D eigenvalue weighted by atomic mass is 10.2. The molecular formula is C27H34Cl2N2O5. The highest BCUT2D eigenvalue weighted by Crippen LogP contribution is 2.30. The number of hydrogen-bond acceptors (Lipinski definition) is 6. The number of methoxy groups -OCH3 is 1. The van der Waals surface area contributed by atoms with Crippen molar-refractivity contribution in [3.8, 4) is 11.5 Å². The number of hydrogen-bond donors (Lipinski definition) is 1. The smallest absolute Gasteiger partial charge is 0.303 e. The van der Waals surface area contributed by atoms with Crippen molar-refractivity contribution in [3.63, 3.8) is 0 Å². The molecule has 2 aromatic rings. The van der Waals surface area contributed by atoms with E-state index in [2.05, 4.69) is 24.1 Å². The van der Waals surface area contributed by atoms with Crippen molar-refractivity contribution >= 4 is 46.8 Å². The lowest BCUT2D eigenvalue weighted by Crippen LogP contribution is -2.39. The van der Waals surface area contributed by atoms with Crippen LogP contribution in [-0.4, -0.2) is 56.2 Å². The third-order valence-corrected chi connectivity index (χ3v) is 5.84. The van der Waals surface area contributed by atoms with Gasteiger partial charge in [-0.2, -0.15) is 0 Å². The maximum Gasteiger partial charge on any atom is 0.303 e. The van der Waals surface area contributed by atoms with Crippen LogP contribution in [0.3, 0.4) is 0 Å². The van der Waals surface area contributed by atoms with Gasteiger partial charge in [-0.3, -0.25) is 14.5 Å². The van der Waals surface area contributed by atoms with Crippen LogP contribution in [-0.2, 0) is 14.3 Å². The molecule has 0 saturated heterocycles. The molecule has 9 heteroatoms. The zero-order valence-corrected chi connectivity index (χ0v) is 22.7. The molecule has 0 aliphatic heterocycles. The second-order valence-electron chi connectivity index (χ2n) is 8.20. The Kier molecular flexibility index (Phi) is 12.6. The molecule has 0 spiro atoms. The van der Waals surface area contributed by atoms with Crippen LogP contribution >= 0.6 is 23.2 Å². The van der Waals surface area contributed by atoms with Gasteiger partial charge in [0.2, 0.25) is 5.91 Å². The van der Waals surface area contributed by atoms with E-state index < -0.39 is 6.10 Å². The Hall–Kier alpha value is -2.74. The van der Waals surface area contributed by atoms with Gasteiger partial charge < -0.3 is 19.5 Å². The van der Waals surface area contributed by atoms with Crippen molar-refractivity contribution in [2.75, 3.05) is 38.7 Å². The molecule has 2 rings (SSSR count). The maximum atomic E-state index is 12.4. The third kappa shape index (κ3) is 10.1. The van der Waals surface area contributed by atoms with Gasteiger partial charge in [-0.25, -0.2) is 0 Å². The summed E-state index contributed by atoms with van der Waals surface area (Å²) < 4.78 is 16.9. The highest BCUT2D eigenvalue weighted by molar-refractivity contribution is 6.42. The van der Waals surface area contributed by atoms with Gasteiger partial charge in [0.15, 0.2) is 11.5 Å². The van der Waals surface area contributed by atoms with Crippen LogP contribution in [0, 0.1) is 0 Å². The maximum absolute atomic E-state index is 12.4. The van der Waals surface area contributed by atoms with Crippen LogP contribution in [0.1, 0.15) is 39.2 Å². The van der Waals surface area contributed by atoms with Gasteiger partial charge in [0.05, 0.1) is 17.2 Å². The number of benzene rings is 2. The van der Waals surface area contributed by atoms with Crippen molar-refractivity contribution in [1.82, 2.24) is 4.90 Å². The molecule has 196 valence electrons. The van der Waals surface area contributed by atoms with Crippen LogP contribution in [0.25, 0.3) is 6.08 Å². The lowest BCUT2D eigenvalue weighted by Gasteiger charge is -2.27. The molecule has 0 bridgehead atoms. The topological polar surface area (TPSA) is 77.1 Å². The Morgan fingerprint density at radius 1 is 1.03 bits per heavy atom.